The van der Waals surface area contributed by atoms with E-state index in [1.807, 2.05) is 24.3 Å². The highest BCUT2D eigenvalue weighted by Gasteiger charge is 2.12. The molecular formula is C18H17NO4. The molecule has 5 nitrogen and oxygen atoms in total. The topological polar surface area (TPSA) is 60.8 Å². The van der Waals surface area contributed by atoms with E-state index in [-0.39, 0.29) is 5.75 Å². The predicted octanol–water partition coefficient (Wildman–Crippen LogP) is 3.63. The van der Waals surface area contributed by atoms with Gasteiger partial charge in [-0.15, -0.1) is 0 Å². The van der Waals surface area contributed by atoms with Gasteiger partial charge in [-0.1, -0.05) is 6.07 Å². The predicted molar refractivity (Wildman–Crippen MR) is 88.5 cm³/mol. The molecule has 3 rings (SSSR count). The van der Waals surface area contributed by atoms with Crippen LogP contribution in [-0.2, 0) is 0 Å². The number of methoxy groups -OCH3 is 3. The second-order valence-electron chi connectivity index (χ2n) is 4.97. The van der Waals surface area contributed by atoms with Crippen molar-refractivity contribution >= 4 is 10.9 Å². The third-order valence-electron chi connectivity index (χ3n) is 3.74. The highest BCUT2D eigenvalue weighted by Crippen LogP contribution is 2.38. The van der Waals surface area contributed by atoms with Crippen LogP contribution in [0.3, 0.4) is 0 Å². The van der Waals surface area contributed by atoms with Gasteiger partial charge in [0.25, 0.3) is 0 Å². The van der Waals surface area contributed by atoms with Crippen molar-refractivity contribution in [2.75, 3.05) is 21.3 Å². The van der Waals surface area contributed by atoms with Gasteiger partial charge in [-0.3, -0.25) is 4.98 Å². The fourth-order valence-electron chi connectivity index (χ4n) is 2.58. The van der Waals surface area contributed by atoms with Gasteiger partial charge in [0.2, 0.25) is 0 Å². The van der Waals surface area contributed by atoms with E-state index in [0.717, 1.165) is 22.0 Å². The van der Waals surface area contributed by atoms with E-state index in [4.69, 9.17) is 14.2 Å². The molecule has 5 heteroatoms. The van der Waals surface area contributed by atoms with E-state index in [9.17, 15) is 5.11 Å². The zero-order valence-corrected chi connectivity index (χ0v) is 13.2. The number of hydrogen-bond acceptors (Lipinski definition) is 5. The average molecular weight is 311 g/mol. The number of benzene rings is 2. The first-order valence-corrected chi connectivity index (χ1v) is 7.06. The summed E-state index contributed by atoms with van der Waals surface area (Å²) in [6.45, 7) is 0. The van der Waals surface area contributed by atoms with Crippen LogP contribution in [0.4, 0.5) is 0 Å². The highest BCUT2D eigenvalue weighted by molar-refractivity contribution is 5.96. The van der Waals surface area contributed by atoms with Crippen LogP contribution in [0.15, 0.2) is 42.6 Å². The van der Waals surface area contributed by atoms with E-state index >= 15 is 0 Å². The van der Waals surface area contributed by atoms with Crippen molar-refractivity contribution in [2.45, 2.75) is 0 Å². The summed E-state index contributed by atoms with van der Waals surface area (Å²) >= 11 is 0. The Morgan fingerprint density at radius 1 is 0.826 bits per heavy atom. The summed E-state index contributed by atoms with van der Waals surface area (Å²) in [6.07, 6.45) is 1.73. The van der Waals surface area contributed by atoms with Crippen molar-refractivity contribution in [1.29, 1.82) is 0 Å². The average Bonchev–Trinajstić information content (AvgIpc) is 2.59. The van der Waals surface area contributed by atoms with Gasteiger partial charge in [0.05, 0.1) is 26.8 Å². The molecule has 0 atom stereocenters. The minimum atomic E-state index is 0.0930. The minimum absolute atomic E-state index is 0.0930. The van der Waals surface area contributed by atoms with Crippen LogP contribution < -0.4 is 14.2 Å². The summed E-state index contributed by atoms with van der Waals surface area (Å²) in [7, 11) is 4.71. The molecule has 0 radical (unpaired) electrons. The van der Waals surface area contributed by atoms with Crippen molar-refractivity contribution in [3.05, 3.63) is 42.6 Å². The molecular weight excluding hydrogens is 294 g/mol. The van der Waals surface area contributed by atoms with E-state index in [1.54, 1.807) is 32.5 Å². The summed E-state index contributed by atoms with van der Waals surface area (Å²) in [5, 5.41) is 10.9. The maximum absolute atomic E-state index is 10.0. The third-order valence-corrected chi connectivity index (χ3v) is 3.74. The number of aromatic hydroxyl groups is 1. The van der Waals surface area contributed by atoms with Gasteiger partial charge >= 0.3 is 0 Å². The maximum atomic E-state index is 10.0. The number of ether oxygens (including phenoxy) is 3. The molecule has 0 saturated heterocycles. The molecule has 0 fully saturated rings. The van der Waals surface area contributed by atoms with Gasteiger partial charge in [-0.05, 0) is 35.4 Å². The Morgan fingerprint density at radius 2 is 1.52 bits per heavy atom. The molecule has 0 aliphatic carbocycles. The molecule has 1 N–H and O–H groups in total. The molecule has 3 aromatic rings. The van der Waals surface area contributed by atoms with Crippen LogP contribution in [0.2, 0.25) is 0 Å². The molecule has 23 heavy (non-hydrogen) atoms. The fraction of sp³-hybridized carbons (Fsp3) is 0.167. The van der Waals surface area contributed by atoms with Gasteiger partial charge in [-0.2, -0.15) is 0 Å². The van der Waals surface area contributed by atoms with Gasteiger partial charge < -0.3 is 19.3 Å². The zero-order chi connectivity index (χ0) is 16.4. The Kier molecular flexibility index (Phi) is 3.93. The van der Waals surface area contributed by atoms with Gasteiger partial charge in [0, 0.05) is 17.6 Å². The Balaban J connectivity index is 2.23. The van der Waals surface area contributed by atoms with Gasteiger partial charge in [0.15, 0.2) is 23.0 Å². The molecule has 0 aliphatic heterocycles. The first-order chi connectivity index (χ1) is 11.2. The van der Waals surface area contributed by atoms with Crippen molar-refractivity contribution in [3.63, 3.8) is 0 Å². The molecule has 118 valence electrons. The lowest BCUT2D eigenvalue weighted by atomic mass is 10.0. The second kappa shape index (κ2) is 6.04. The lowest BCUT2D eigenvalue weighted by Crippen LogP contribution is -1.93. The number of hydrogen-bond donors (Lipinski definition) is 1. The molecule has 0 amide bonds. The minimum Gasteiger partial charge on any atom is -0.504 e. The van der Waals surface area contributed by atoms with Gasteiger partial charge in [-0.25, -0.2) is 0 Å². The van der Waals surface area contributed by atoms with Crippen LogP contribution in [0.1, 0.15) is 0 Å². The van der Waals surface area contributed by atoms with Crippen molar-refractivity contribution in [3.8, 4) is 34.1 Å². The highest BCUT2D eigenvalue weighted by atomic mass is 16.5. The molecule has 1 aromatic heterocycles. The number of phenols is 1. The number of rotatable bonds is 4. The van der Waals surface area contributed by atoms with Gasteiger partial charge in [0.1, 0.15) is 0 Å². The molecule has 1 heterocycles. The summed E-state index contributed by atoms with van der Waals surface area (Å²) in [4.78, 5) is 4.38. The van der Waals surface area contributed by atoms with Crippen LogP contribution >= 0.6 is 0 Å². The maximum Gasteiger partial charge on any atom is 0.162 e. The smallest absolute Gasteiger partial charge is 0.162 e. The normalized spacial score (nSPS) is 10.6. The van der Waals surface area contributed by atoms with Crippen LogP contribution in [-0.4, -0.2) is 31.4 Å². The molecule has 0 unspecified atom stereocenters. The molecule has 0 bridgehead atoms. The third kappa shape index (κ3) is 2.61. The number of fused-ring (bicyclic) bond motifs is 1. The molecule has 0 aliphatic rings. The SMILES string of the molecule is COc1ccc(-c2ccnc3cc(OC)c(OC)cc23)cc1O. The van der Waals surface area contributed by atoms with Crippen molar-refractivity contribution in [2.24, 2.45) is 0 Å². The largest absolute Gasteiger partial charge is 0.504 e. The molecule has 2 aromatic carbocycles. The summed E-state index contributed by atoms with van der Waals surface area (Å²) in [5.74, 6) is 1.79. The van der Waals surface area contributed by atoms with E-state index in [2.05, 4.69) is 4.98 Å². The first kappa shape index (κ1) is 15.0. The lowest BCUT2D eigenvalue weighted by molar-refractivity contribution is 0.356. The summed E-state index contributed by atoms with van der Waals surface area (Å²) < 4.78 is 15.8. The Bertz CT molecular complexity index is 861. The van der Waals surface area contributed by atoms with Crippen molar-refractivity contribution < 1.29 is 19.3 Å². The lowest BCUT2D eigenvalue weighted by Gasteiger charge is -2.12. The monoisotopic (exact) mass is 311 g/mol. The van der Waals surface area contributed by atoms with Crippen molar-refractivity contribution in [1.82, 2.24) is 4.98 Å². The zero-order valence-electron chi connectivity index (χ0n) is 13.2. The summed E-state index contributed by atoms with van der Waals surface area (Å²) in [5.41, 5.74) is 2.59. The molecule has 0 spiro atoms. The van der Waals surface area contributed by atoms with E-state index in [1.165, 1.54) is 7.11 Å². The number of pyridine rings is 1. The van der Waals surface area contributed by atoms with E-state index < -0.39 is 0 Å². The Labute approximate surface area is 134 Å². The summed E-state index contributed by atoms with van der Waals surface area (Å²) in [6, 6.07) is 10.9. The quantitative estimate of drug-likeness (QED) is 0.797. The van der Waals surface area contributed by atoms with Crippen LogP contribution in [0, 0.1) is 0 Å². The standard InChI is InChI=1S/C18H17NO4/c1-21-16-5-4-11(8-15(16)20)12-6-7-19-14-10-18(23-3)17(22-2)9-13(12)14/h4-10,20H,1-3H3. The van der Waals surface area contributed by atoms with Crippen LogP contribution in [0.5, 0.6) is 23.0 Å². The first-order valence-electron chi connectivity index (χ1n) is 7.06. The Morgan fingerprint density at radius 3 is 2.17 bits per heavy atom. The Hall–Kier alpha value is -2.95. The van der Waals surface area contributed by atoms with E-state index in [0.29, 0.717) is 17.2 Å². The fourth-order valence-corrected chi connectivity index (χ4v) is 2.58. The van der Waals surface area contributed by atoms with Crippen LogP contribution in [0.25, 0.3) is 22.0 Å². The number of phenolic OH excluding ortho intramolecular Hbond substituents is 1. The molecule has 0 saturated carbocycles. The number of aromatic nitrogens is 1. The number of nitrogens with zero attached hydrogens (tertiary/aromatic N) is 1. The second-order valence-corrected chi connectivity index (χ2v) is 4.97.